The van der Waals surface area contributed by atoms with Crippen LogP contribution in [0.2, 0.25) is 0 Å². The number of hydrogen-bond donors (Lipinski definition) is 1. The van der Waals surface area contributed by atoms with Crippen molar-refractivity contribution in [2.75, 3.05) is 0 Å². The molecule has 4 nitrogen and oxygen atoms in total. The van der Waals surface area contributed by atoms with E-state index in [1.54, 1.807) is 0 Å². The number of nitrogens with zero attached hydrogens (tertiary/aromatic N) is 2. The molecular weight excluding hydrogens is 825 g/mol. The molecule has 3 heterocycles. The van der Waals surface area contributed by atoms with Crippen LogP contribution in [0.15, 0.2) is 66.7 Å². The Hall–Kier alpha value is -3.18. The van der Waals surface area contributed by atoms with Crippen LogP contribution in [-0.2, 0) is 49.6 Å². The molecular formula is C45H55IrN2O2S-. The fraction of sp³-hybridized carbons (Fsp3) is 0.444. The minimum atomic E-state index is 0. The fourth-order valence-electron chi connectivity index (χ4n) is 7.28. The van der Waals surface area contributed by atoms with E-state index in [4.69, 9.17) is 9.97 Å². The summed E-state index contributed by atoms with van der Waals surface area (Å²) in [4.78, 5) is 22.9. The number of fused-ring (bicyclic) bond motifs is 6. The van der Waals surface area contributed by atoms with Crippen LogP contribution in [0.5, 0.6) is 0 Å². The molecule has 6 rings (SSSR count). The Morgan fingerprint density at radius 1 is 0.961 bits per heavy atom. The molecule has 1 aliphatic carbocycles. The standard InChI is InChI=1S/C32H31N2S.C13H24O2.Ir/c1-19(2)14-20-15-25-27(34-18-20)11-10-24-29-28(35-31(24)25)12-13-33-30(29)22-16-21-8-6-7-9-23(21)26(17-22)32(3,4)5;1-5-10(6-2)12(14)9-13(15)11(7-3)8-4;/h6-9,12-13,15,17-19H,10-11,14H2,1-5H3;9-11,14H,5-8H2,1-4H3;/q-1;;/b;12-9-;. The van der Waals surface area contributed by atoms with Crippen molar-refractivity contribution >= 4 is 38.0 Å². The third-order valence-electron chi connectivity index (χ3n) is 10.1. The molecule has 0 saturated heterocycles. The van der Waals surface area contributed by atoms with E-state index in [0.29, 0.717) is 5.92 Å². The average molecular weight is 880 g/mol. The largest absolute Gasteiger partial charge is 0.512 e. The summed E-state index contributed by atoms with van der Waals surface area (Å²) in [6.45, 7) is 19.5. The summed E-state index contributed by atoms with van der Waals surface area (Å²) in [6, 6.07) is 19.2. The molecule has 273 valence electrons. The van der Waals surface area contributed by atoms with Gasteiger partial charge >= 0.3 is 0 Å². The van der Waals surface area contributed by atoms with Crippen molar-refractivity contribution in [1.82, 2.24) is 9.97 Å². The van der Waals surface area contributed by atoms with Crippen molar-refractivity contribution < 1.29 is 30.0 Å². The number of aromatic nitrogens is 2. The number of aliphatic hydroxyl groups excluding tert-OH is 1. The van der Waals surface area contributed by atoms with Gasteiger partial charge in [0.1, 0.15) is 0 Å². The summed E-state index contributed by atoms with van der Waals surface area (Å²) in [6.07, 6.45) is 12.0. The van der Waals surface area contributed by atoms with Crippen molar-refractivity contribution in [3.8, 4) is 21.7 Å². The van der Waals surface area contributed by atoms with Crippen LogP contribution >= 0.6 is 11.3 Å². The molecule has 0 unspecified atom stereocenters. The van der Waals surface area contributed by atoms with E-state index in [9.17, 15) is 9.90 Å². The first-order valence-electron chi connectivity index (χ1n) is 18.7. The maximum atomic E-state index is 11.7. The molecule has 1 radical (unpaired) electrons. The van der Waals surface area contributed by atoms with E-state index in [1.165, 1.54) is 54.4 Å². The van der Waals surface area contributed by atoms with Gasteiger partial charge < -0.3 is 5.11 Å². The number of carbonyl (C=O) groups excluding carboxylic acids is 1. The number of hydrogen-bond acceptors (Lipinski definition) is 5. The number of allylic oxidation sites excluding steroid dienone is 2. The van der Waals surface area contributed by atoms with Crippen LogP contribution in [0.4, 0.5) is 0 Å². The summed E-state index contributed by atoms with van der Waals surface area (Å²) >= 11 is 1.90. The van der Waals surface area contributed by atoms with Crippen LogP contribution in [0, 0.1) is 23.8 Å². The second-order valence-corrected chi connectivity index (χ2v) is 16.3. The smallest absolute Gasteiger partial charge is 0.162 e. The van der Waals surface area contributed by atoms with Crippen LogP contribution in [-0.4, -0.2) is 20.9 Å². The van der Waals surface area contributed by atoms with Crippen molar-refractivity contribution in [3.05, 3.63) is 95.1 Å². The van der Waals surface area contributed by atoms with Gasteiger partial charge in [-0.15, -0.1) is 40.5 Å². The zero-order chi connectivity index (χ0) is 36.2. The number of rotatable bonds is 10. The number of aryl methyl sites for hydroxylation is 2. The first-order valence-corrected chi connectivity index (χ1v) is 19.5. The zero-order valence-electron chi connectivity index (χ0n) is 31.9. The van der Waals surface area contributed by atoms with Gasteiger partial charge in [0.2, 0.25) is 0 Å². The first kappa shape index (κ1) is 40.6. The maximum absolute atomic E-state index is 11.7. The molecule has 5 aromatic rings. The topological polar surface area (TPSA) is 63.1 Å². The molecule has 1 N–H and O–H groups in total. The van der Waals surface area contributed by atoms with Crippen molar-refractivity contribution in [2.45, 2.75) is 113 Å². The molecule has 1 aliphatic rings. The number of carbonyl (C=O) groups is 1. The van der Waals surface area contributed by atoms with Gasteiger partial charge in [-0.25, -0.2) is 0 Å². The van der Waals surface area contributed by atoms with E-state index in [1.807, 2.05) is 45.2 Å². The van der Waals surface area contributed by atoms with Gasteiger partial charge in [-0.05, 0) is 84.9 Å². The van der Waals surface area contributed by atoms with Crippen LogP contribution in [0.3, 0.4) is 0 Å². The molecule has 0 fully saturated rings. The van der Waals surface area contributed by atoms with E-state index < -0.39 is 0 Å². The maximum Gasteiger partial charge on any atom is 0.162 e. The van der Waals surface area contributed by atoms with E-state index in [-0.39, 0.29) is 48.9 Å². The predicted octanol–water partition coefficient (Wildman–Crippen LogP) is 12.4. The normalized spacial score (nSPS) is 12.9. The van der Waals surface area contributed by atoms with Crippen LogP contribution < -0.4 is 0 Å². The van der Waals surface area contributed by atoms with Gasteiger partial charge in [0.25, 0.3) is 0 Å². The third kappa shape index (κ3) is 9.07. The van der Waals surface area contributed by atoms with Crippen molar-refractivity contribution in [1.29, 1.82) is 0 Å². The Morgan fingerprint density at radius 3 is 2.29 bits per heavy atom. The van der Waals surface area contributed by atoms with Gasteiger partial charge in [0.15, 0.2) is 5.78 Å². The molecule has 51 heavy (non-hydrogen) atoms. The fourth-order valence-corrected chi connectivity index (χ4v) is 8.57. The van der Waals surface area contributed by atoms with Gasteiger partial charge in [-0.3, -0.25) is 14.8 Å². The molecule has 0 atom stereocenters. The Morgan fingerprint density at radius 2 is 1.65 bits per heavy atom. The molecule has 0 aliphatic heterocycles. The third-order valence-corrected chi connectivity index (χ3v) is 11.4. The summed E-state index contributed by atoms with van der Waals surface area (Å²) in [7, 11) is 0. The Kier molecular flexibility index (Phi) is 14.0. The summed E-state index contributed by atoms with van der Waals surface area (Å²) in [5, 5.41) is 13.5. The predicted molar refractivity (Wildman–Crippen MR) is 213 cm³/mol. The average Bonchev–Trinajstić information content (AvgIpc) is 3.48. The Bertz CT molecular complexity index is 1990. The minimum absolute atomic E-state index is 0. The van der Waals surface area contributed by atoms with Gasteiger partial charge in [0, 0.05) is 76.9 Å². The number of ketones is 1. The monoisotopic (exact) mass is 880 g/mol. The summed E-state index contributed by atoms with van der Waals surface area (Å²) in [5.41, 5.74) is 8.86. The molecule has 6 heteroatoms. The van der Waals surface area contributed by atoms with Gasteiger partial charge in [-0.1, -0.05) is 91.5 Å². The van der Waals surface area contributed by atoms with E-state index in [2.05, 4.69) is 89.3 Å². The van der Waals surface area contributed by atoms with E-state index >= 15 is 0 Å². The van der Waals surface area contributed by atoms with Gasteiger partial charge in [0.05, 0.1) is 5.76 Å². The second-order valence-electron chi connectivity index (χ2n) is 15.3. The molecule has 0 spiro atoms. The van der Waals surface area contributed by atoms with Crippen molar-refractivity contribution in [2.24, 2.45) is 17.8 Å². The minimum Gasteiger partial charge on any atom is -0.512 e. The molecule has 0 bridgehead atoms. The summed E-state index contributed by atoms with van der Waals surface area (Å²) < 4.78 is 1.31. The Balaban J connectivity index is 0.000000312. The molecule has 0 saturated carbocycles. The van der Waals surface area contributed by atoms with Crippen molar-refractivity contribution in [3.63, 3.8) is 0 Å². The van der Waals surface area contributed by atoms with Crippen LogP contribution in [0.1, 0.15) is 110 Å². The van der Waals surface area contributed by atoms with Crippen LogP contribution in [0.25, 0.3) is 42.6 Å². The number of aliphatic hydroxyl groups is 1. The first-order chi connectivity index (χ1) is 23.9. The summed E-state index contributed by atoms with van der Waals surface area (Å²) in [5.74, 6) is 1.17. The Labute approximate surface area is 323 Å². The SMILES string of the molecule is CC(C)Cc1cnc2c(c1)-c1sc3ccnc(-c4[c-]c5ccccc5c(C(C)(C)C)c4)c3c1CC2.CCC(CC)C(=O)/C=C(\O)C(CC)CC.[Ir]. The van der Waals surface area contributed by atoms with E-state index in [0.717, 1.165) is 61.6 Å². The van der Waals surface area contributed by atoms with Gasteiger partial charge in [-0.2, -0.15) is 0 Å². The second kappa shape index (κ2) is 17.6. The number of pyridine rings is 2. The number of benzene rings is 2. The molecule has 3 aromatic heterocycles. The number of thiophene rings is 1. The molecule has 2 aromatic carbocycles. The quantitative estimate of drug-likeness (QED) is 0.0862. The zero-order valence-corrected chi connectivity index (χ0v) is 35.2. The molecule has 0 amide bonds.